The number of nitrogens with one attached hydrogen (secondary N) is 2. The highest BCUT2D eigenvalue weighted by molar-refractivity contribution is 6.01. The standard InChI is InChI=1S/C28H38N4O6/c1-37-27(35)23(21-15-31-10-6-17(21)7-11-31)29-25(33)19-4-3-5-20(14-19)26(34)30-24(28(36)38-2)22-16-32-12-8-18(22)9-13-32/h3-5,14,17-18,21-24H,6-13,15-16H2,1-2H3,(H,29,33)(H,30,34)/t21-,22-,23?,24?/m0/s1. The van der Waals surface area contributed by atoms with E-state index in [-0.39, 0.29) is 23.0 Å². The van der Waals surface area contributed by atoms with E-state index < -0.39 is 35.8 Å². The Morgan fingerprint density at radius 3 is 1.45 bits per heavy atom. The lowest BCUT2D eigenvalue weighted by molar-refractivity contribution is -0.147. The van der Waals surface area contributed by atoms with Gasteiger partial charge in [0.05, 0.1) is 14.2 Å². The molecule has 6 saturated heterocycles. The molecule has 0 aromatic heterocycles. The molecule has 0 aliphatic carbocycles. The Morgan fingerprint density at radius 1 is 0.737 bits per heavy atom. The maximum atomic E-state index is 13.3. The normalized spacial score (nSPS) is 31.1. The van der Waals surface area contributed by atoms with Gasteiger partial charge in [-0.1, -0.05) is 6.07 Å². The number of ether oxygens (including phenoxy) is 2. The molecule has 6 fully saturated rings. The van der Waals surface area contributed by atoms with Crippen LogP contribution in [0.1, 0.15) is 46.4 Å². The summed E-state index contributed by atoms with van der Waals surface area (Å²) in [6, 6.07) is 4.86. The van der Waals surface area contributed by atoms with Crippen molar-refractivity contribution in [1.82, 2.24) is 20.4 Å². The van der Waals surface area contributed by atoms with Crippen molar-refractivity contribution in [2.75, 3.05) is 53.5 Å². The van der Waals surface area contributed by atoms with E-state index in [1.165, 1.54) is 20.3 Å². The van der Waals surface area contributed by atoms with Crippen molar-refractivity contribution in [2.45, 2.75) is 37.8 Å². The zero-order valence-corrected chi connectivity index (χ0v) is 22.2. The number of carbonyl (C=O) groups is 4. The molecule has 10 nitrogen and oxygen atoms in total. The molecule has 38 heavy (non-hydrogen) atoms. The van der Waals surface area contributed by atoms with Gasteiger partial charge in [0, 0.05) is 36.1 Å². The Hall–Kier alpha value is -2.98. The number of hydrogen-bond donors (Lipinski definition) is 2. The van der Waals surface area contributed by atoms with E-state index in [2.05, 4.69) is 20.4 Å². The summed E-state index contributed by atoms with van der Waals surface area (Å²) in [6.45, 7) is 5.58. The van der Waals surface area contributed by atoms with Crippen LogP contribution < -0.4 is 10.6 Å². The van der Waals surface area contributed by atoms with Gasteiger partial charge in [-0.15, -0.1) is 0 Å². The number of esters is 2. The van der Waals surface area contributed by atoms with E-state index in [1.54, 1.807) is 18.2 Å². The average Bonchev–Trinajstić information content (AvgIpc) is 2.98. The minimum Gasteiger partial charge on any atom is -0.467 e. The third-order valence-electron chi connectivity index (χ3n) is 9.14. The summed E-state index contributed by atoms with van der Waals surface area (Å²) in [6.07, 6.45) is 4.02. The minimum absolute atomic E-state index is 0.0113. The van der Waals surface area contributed by atoms with E-state index in [4.69, 9.17) is 9.47 Å². The molecular weight excluding hydrogens is 488 g/mol. The first-order valence-corrected chi connectivity index (χ1v) is 13.7. The van der Waals surface area contributed by atoms with Gasteiger partial charge in [0.15, 0.2) is 0 Å². The second-order valence-electron chi connectivity index (χ2n) is 11.1. The van der Waals surface area contributed by atoms with Gasteiger partial charge < -0.3 is 29.9 Å². The molecule has 0 spiro atoms. The van der Waals surface area contributed by atoms with Crippen LogP contribution in [-0.4, -0.2) is 99.1 Å². The average molecular weight is 527 g/mol. The van der Waals surface area contributed by atoms with E-state index in [0.717, 1.165) is 65.0 Å². The highest BCUT2D eigenvalue weighted by Crippen LogP contribution is 2.36. The Labute approximate surface area is 223 Å². The van der Waals surface area contributed by atoms with Crippen molar-refractivity contribution in [1.29, 1.82) is 0 Å². The maximum Gasteiger partial charge on any atom is 0.328 e. The van der Waals surface area contributed by atoms with Crippen LogP contribution in [0, 0.1) is 23.7 Å². The Bertz CT molecular complexity index is 984. The molecular formula is C28H38N4O6. The minimum atomic E-state index is -0.751. The van der Waals surface area contributed by atoms with Crippen molar-refractivity contribution in [3.63, 3.8) is 0 Å². The second kappa shape index (κ2) is 11.4. The summed E-state index contributed by atoms with van der Waals surface area (Å²) in [5.74, 6) is -1.08. The van der Waals surface area contributed by atoms with Gasteiger partial charge in [-0.2, -0.15) is 0 Å². The van der Waals surface area contributed by atoms with Gasteiger partial charge in [-0.3, -0.25) is 9.59 Å². The van der Waals surface area contributed by atoms with E-state index in [9.17, 15) is 19.2 Å². The molecule has 10 heteroatoms. The fraction of sp³-hybridized carbons (Fsp3) is 0.643. The smallest absolute Gasteiger partial charge is 0.328 e. The summed E-state index contributed by atoms with van der Waals surface area (Å²) >= 11 is 0. The summed E-state index contributed by atoms with van der Waals surface area (Å²) in [7, 11) is 2.67. The molecule has 4 atom stereocenters. The van der Waals surface area contributed by atoms with Gasteiger partial charge >= 0.3 is 11.9 Å². The highest BCUT2D eigenvalue weighted by atomic mass is 16.5. The molecule has 7 rings (SSSR count). The summed E-state index contributed by atoms with van der Waals surface area (Å²) in [5, 5.41) is 5.78. The van der Waals surface area contributed by atoms with Crippen molar-refractivity contribution < 1.29 is 28.7 Å². The lowest BCUT2D eigenvalue weighted by Crippen LogP contribution is -2.58. The van der Waals surface area contributed by atoms with Crippen LogP contribution in [0.2, 0.25) is 0 Å². The molecule has 1 aromatic carbocycles. The molecule has 0 radical (unpaired) electrons. The van der Waals surface area contributed by atoms with Crippen LogP contribution in [0.3, 0.4) is 0 Å². The second-order valence-corrected chi connectivity index (χ2v) is 11.1. The quantitative estimate of drug-likeness (QED) is 0.480. The Kier molecular flexibility index (Phi) is 7.99. The molecule has 0 saturated carbocycles. The first-order chi connectivity index (χ1) is 18.4. The summed E-state index contributed by atoms with van der Waals surface area (Å²) in [5.41, 5.74) is 0.538. The van der Waals surface area contributed by atoms with Crippen LogP contribution in [-0.2, 0) is 19.1 Å². The monoisotopic (exact) mass is 526 g/mol. The fourth-order valence-electron chi connectivity index (χ4n) is 6.96. The van der Waals surface area contributed by atoms with Crippen LogP contribution >= 0.6 is 0 Å². The van der Waals surface area contributed by atoms with Crippen LogP contribution in [0.15, 0.2) is 24.3 Å². The number of rotatable bonds is 8. The zero-order chi connectivity index (χ0) is 26.8. The number of hydrogen-bond acceptors (Lipinski definition) is 8. The molecule has 6 heterocycles. The number of fused-ring (bicyclic) bond motifs is 6. The lowest BCUT2D eigenvalue weighted by Gasteiger charge is -2.47. The molecule has 2 amide bonds. The summed E-state index contributed by atoms with van der Waals surface area (Å²) < 4.78 is 10.1. The molecule has 2 N–H and O–H groups in total. The predicted molar refractivity (Wildman–Crippen MR) is 138 cm³/mol. The van der Waals surface area contributed by atoms with Crippen molar-refractivity contribution in [3.05, 3.63) is 35.4 Å². The molecule has 206 valence electrons. The Morgan fingerprint density at radius 2 is 1.13 bits per heavy atom. The lowest BCUT2D eigenvalue weighted by atomic mass is 9.75. The number of piperidine rings is 6. The number of carbonyl (C=O) groups excluding carboxylic acids is 4. The fourth-order valence-corrected chi connectivity index (χ4v) is 6.96. The SMILES string of the molecule is COC(=O)C(NC(=O)c1cccc(C(=O)NC(C(=O)OC)[C@H]2CN3CCC2CC3)c1)[C@H]1CN2CCC1CC2. The van der Waals surface area contributed by atoms with E-state index >= 15 is 0 Å². The van der Waals surface area contributed by atoms with Crippen molar-refractivity contribution >= 4 is 23.8 Å². The number of nitrogens with zero attached hydrogens (tertiary/aromatic N) is 2. The molecule has 6 aliphatic heterocycles. The van der Waals surface area contributed by atoms with Crippen molar-refractivity contribution in [2.24, 2.45) is 23.7 Å². The van der Waals surface area contributed by atoms with Crippen LogP contribution in [0.25, 0.3) is 0 Å². The third kappa shape index (κ3) is 5.42. The first-order valence-electron chi connectivity index (χ1n) is 13.7. The zero-order valence-electron chi connectivity index (χ0n) is 22.2. The Balaban J connectivity index is 1.29. The van der Waals surface area contributed by atoms with Crippen molar-refractivity contribution in [3.8, 4) is 0 Å². The first kappa shape index (κ1) is 26.6. The molecule has 1 aromatic rings. The molecule has 2 unspecified atom stereocenters. The van der Waals surface area contributed by atoms with Crippen LogP contribution in [0.4, 0.5) is 0 Å². The largest absolute Gasteiger partial charge is 0.467 e. The van der Waals surface area contributed by atoms with Gasteiger partial charge in [-0.25, -0.2) is 9.59 Å². The maximum absolute atomic E-state index is 13.3. The van der Waals surface area contributed by atoms with E-state index in [1.807, 2.05) is 0 Å². The van der Waals surface area contributed by atoms with Gasteiger partial charge in [0.25, 0.3) is 11.8 Å². The van der Waals surface area contributed by atoms with E-state index in [0.29, 0.717) is 11.8 Å². The number of benzene rings is 1. The number of methoxy groups -OCH3 is 2. The number of amides is 2. The van der Waals surface area contributed by atoms with Gasteiger partial charge in [0.2, 0.25) is 0 Å². The molecule has 4 bridgehead atoms. The topological polar surface area (TPSA) is 117 Å². The predicted octanol–water partition coefficient (Wildman–Crippen LogP) is 0.913. The van der Waals surface area contributed by atoms with Gasteiger partial charge in [-0.05, 0) is 81.9 Å². The highest BCUT2D eigenvalue weighted by Gasteiger charge is 2.44. The van der Waals surface area contributed by atoms with Crippen LogP contribution in [0.5, 0.6) is 0 Å². The van der Waals surface area contributed by atoms with Gasteiger partial charge in [0.1, 0.15) is 12.1 Å². The molecule has 6 aliphatic rings. The summed E-state index contributed by atoms with van der Waals surface area (Å²) in [4.78, 5) is 56.5. The third-order valence-corrected chi connectivity index (χ3v) is 9.14.